The van der Waals surface area contributed by atoms with Crippen molar-refractivity contribution in [3.63, 3.8) is 0 Å². The van der Waals surface area contributed by atoms with E-state index in [4.69, 9.17) is 11.6 Å². The molecule has 1 aliphatic carbocycles. The summed E-state index contributed by atoms with van der Waals surface area (Å²) >= 11 is 6.09. The second-order valence-corrected chi connectivity index (χ2v) is 4.97. The van der Waals surface area contributed by atoms with E-state index in [1.165, 1.54) is 0 Å². The van der Waals surface area contributed by atoms with Crippen LogP contribution in [0.1, 0.15) is 20.3 Å². The molecule has 0 amide bonds. The van der Waals surface area contributed by atoms with Crippen LogP contribution < -0.4 is 5.32 Å². The highest BCUT2D eigenvalue weighted by Crippen LogP contribution is 2.45. The first-order valence-corrected chi connectivity index (χ1v) is 5.32. The van der Waals surface area contributed by atoms with E-state index >= 15 is 0 Å². The zero-order chi connectivity index (χ0) is 11.1. The van der Waals surface area contributed by atoms with E-state index in [1.54, 1.807) is 0 Å². The van der Waals surface area contributed by atoms with Crippen molar-refractivity contribution < 1.29 is 4.39 Å². The maximum Gasteiger partial charge on any atom is 0.223 e. The summed E-state index contributed by atoms with van der Waals surface area (Å²) in [7, 11) is 0. The maximum atomic E-state index is 12.6. The van der Waals surface area contributed by atoms with Crippen LogP contribution in [0.25, 0.3) is 0 Å². The molecule has 0 saturated heterocycles. The number of hydrogen-bond donors (Lipinski definition) is 1. The summed E-state index contributed by atoms with van der Waals surface area (Å²) in [4.78, 5) is 7.70. The van der Waals surface area contributed by atoms with Gasteiger partial charge in [0, 0.05) is 16.8 Å². The summed E-state index contributed by atoms with van der Waals surface area (Å²) < 4.78 is 12.6. The molecule has 1 fully saturated rings. The number of halogens is 2. The van der Waals surface area contributed by atoms with Crippen LogP contribution in [0.4, 0.5) is 10.3 Å². The third-order valence-electron chi connectivity index (χ3n) is 3.07. The quantitative estimate of drug-likeness (QED) is 0.792. The average Bonchev–Trinajstić information content (AvgIpc) is 2.21. The Morgan fingerprint density at radius 3 is 2.53 bits per heavy atom. The van der Waals surface area contributed by atoms with E-state index in [2.05, 4.69) is 29.1 Å². The summed E-state index contributed by atoms with van der Waals surface area (Å²) in [5.74, 6) is 0.0293. The van der Waals surface area contributed by atoms with Gasteiger partial charge in [-0.3, -0.25) is 0 Å². The van der Waals surface area contributed by atoms with Gasteiger partial charge in [-0.25, -0.2) is 14.4 Å². The number of rotatable bonds is 2. The second-order valence-electron chi connectivity index (χ2n) is 4.45. The highest BCUT2D eigenvalue weighted by Gasteiger charge is 2.47. The Balaban J connectivity index is 2.02. The second kappa shape index (κ2) is 3.59. The predicted octanol–water partition coefficient (Wildman–Crippen LogP) is 2.43. The molecule has 0 aromatic carbocycles. The van der Waals surface area contributed by atoms with Crippen molar-refractivity contribution in [2.75, 3.05) is 5.32 Å². The Labute approximate surface area is 93.1 Å². The van der Waals surface area contributed by atoms with Gasteiger partial charge in [0.25, 0.3) is 0 Å². The largest absolute Gasteiger partial charge is 0.351 e. The highest BCUT2D eigenvalue weighted by atomic mass is 35.5. The number of anilines is 1. The molecule has 0 radical (unpaired) electrons. The predicted molar refractivity (Wildman–Crippen MR) is 57.4 cm³/mol. The van der Waals surface area contributed by atoms with Crippen LogP contribution in [-0.2, 0) is 0 Å². The van der Waals surface area contributed by atoms with Crippen molar-refractivity contribution in [2.24, 2.45) is 5.41 Å². The minimum absolute atomic E-state index is 0.0271. The van der Waals surface area contributed by atoms with Crippen molar-refractivity contribution in [1.29, 1.82) is 0 Å². The number of nitrogens with one attached hydrogen (secondary N) is 1. The topological polar surface area (TPSA) is 37.8 Å². The Kier molecular flexibility index (Phi) is 2.54. The zero-order valence-corrected chi connectivity index (χ0v) is 9.42. The molecule has 1 heterocycles. The molecule has 0 spiro atoms. The van der Waals surface area contributed by atoms with Gasteiger partial charge in [-0.1, -0.05) is 13.8 Å². The van der Waals surface area contributed by atoms with Gasteiger partial charge in [-0.15, -0.1) is 11.6 Å². The number of hydrogen-bond acceptors (Lipinski definition) is 3. The van der Waals surface area contributed by atoms with Gasteiger partial charge >= 0.3 is 0 Å². The molecule has 3 nitrogen and oxygen atoms in total. The molecule has 0 bridgehead atoms. The molecular weight excluding hydrogens is 217 g/mol. The van der Waals surface area contributed by atoms with Gasteiger partial charge in [0.1, 0.15) is 0 Å². The van der Waals surface area contributed by atoms with Gasteiger partial charge in [0.2, 0.25) is 5.95 Å². The Bertz CT molecular complexity index is 352. The van der Waals surface area contributed by atoms with Crippen LogP contribution in [0.3, 0.4) is 0 Å². The molecule has 1 N–H and O–H groups in total. The molecule has 82 valence electrons. The van der Waals surface area contributed by atoms with Crippen molar-refractivity contribution in [3.05, 3.63) is 18.2 Å². The first-order chi connectivity index (χ1) is 7.00. The molecule has 2 atom stereocenters. The molecule has 0 aliphatic heterocycles. The minimum atomic E-state index is -0.427. The molecular formula is C10H13ClFN3. The summed E-state index contributed by atoms with van der Waals surface area (Å²) in [6.45, 7) is 4.19. The SMILES string of the molecule is CC1(C)C(Cl)CC1Nc1ncc(F)cn1. The van der Waals surface area contributed by atoms with Gasteiger partial charge in [0.05, 0.1) is 12.4 Å². The van der Waals surface area contributed by atoms with Crippen LogP contribution in [0.2, 0.25) is 0 Å². The monoisotopic (exact) mass is 229 g/mol. The molecule has 1 aliphatic rings. The van der Waals surface area contributed by atoms with Crippen molar-refractivity contribution in [3.8, 4) is 0 Å². The van der Waals surface area contributed by atoms with Crippen LogP contribution in [0, 0.1) is 11.2 Å². The Morgan fingerprint density at radius 1 is 1.47 bits per heavy atom. The molecule has 2 rings (SSSR count). The number of aromatic nitrogens is 2. The number of nitrogens with zero attached hydrogens (tertiary/aromatic N) is 2. The lowest BCUT2D eigenvalue weighted by atomic mass is 9.67. The fourth-order valence-electron chi connectivity index (χ4n) is 1.66. The molecule has 5 heteroatoms. The molecule has 1 aromatic rings. The smallest absolute Gasteiger partial charge is 0.223 e. The van der Waals surface area contributed by atoms with E-state index in [1.807, 2.05) is 0 Å². The summed E-state index contributed by atoms with van der Waals surface area (Å²) in [6.07, 6.45) is 3.19. The first kappa shape index (κ1) is 10.6. The lowest BCUT2D eigenvalue weighted by molar-refractivity contribution is 0.167. The summed E-state index contributed by atoms with van der Waals surface area (Å²) in [5.41, 5.74) is 0.0271. The third kappa shape index (κ3) is 1.91. The highest BCUT2D eigenvalue weighted by molar-refractivity contribution is 6.21. The standard InChI is InChI=1S/C10H13ClFN3/c1-10(2)7(11)3-8(10)15-9-13-4-6(12)5-14-9/h4-5,7-8H,3H2,1-2H3,(H,13,14,15). The van der Waals surface area contributed by atoms with E-state index in [-0.39, 0.29) is 16.8 Å². The lowest BCUT2D eigenvalue weighted by Crippen LogP contribution is -2.54. The van der Waals surface area contributed by atoms with Gasteiger partial charge in [-0.05, 0) is 6.42 Å². The van der Waals surface area contributed by atoms with E-state index in [0.717, 1.165) is 18.8 Å². The van der Waals surface area contributed by atoms with E-state index in [0.29, 0.717) is 5.95 Å². The third-order valence-corrected chi connectivity index (χ3v) is 3.81. The molecule has 1 saturated carbocycles. The van der Waals surface area contributed by atoms with Crippen molar-refractivity contribution in [1.82, 2.24) is 9.97 Å². The fraction of sp³-hybridized carbons (Fsp3) is 0.600. The summed E-state index contributed by atoms with van der Waals surface area (Å²) in [6, 6.07) is 0.255. The molecule has 15 heavy (non-hydrogen) atoms. The van der Waals surface area contributed by atoms with Crippen LogP contribution in [0.5, 0.6) is 0 Å². The van der Waals surface area contributed by atoms with Gasteiger partial charge < -0.3 is 5.32 Å². The summed E-state index contributed by atoms with van der Waals surface area (Å²) in [5, 5.41) is 3.33. The van der Waals surface area contributed by atoms with Crippen molar-refractivity contribution in [2.45, 2.75) is 31.7 Å². The van der Waals surface area contributed by atoms with E-state index in [9.17, 15) is 4.39 Å². The van der Waals surface area contributed by atoms with Crippen molar-refractivity contribution >= 4 is 17.5 Å². The lowest BCUT2D eigenvalue weighted by Gasteiger charge is -2.49. The maximum absolute atomic E-state index is 12.6. The Morgan fingerprint density at radius 2 is 2.07 bits per heavy atom. The average molecular weight is 230 g/mol. The van der Waals surface area contributed by atoms with Crippen LogP contribution in [-0.4, -0.2) is 21.4 Å². The number of alkyl halides is 1. The van der Waals surface area contributed by atoms with Gasteiger partial charge in [-0.2, -0.15) is 0 Å². The normalized spacial score (nSPS) is 28.3. The minimum Gasteiger partial charge on any atom is -0.351 e. The first-order valence-electron chi connectivity index (χ1n) is 4.88. The zero-order valence-electron chi connectivity index (χ0n) is 8.67. The Hall–Kier alpha value is -0.900. The van der Waals surface area contributed by atoms with Crippen LogP contribution >= 0.6 is 11.6 Å². The molecule has 2 unspecified atom stereocenters. The fourth-order valence-corrected chi connectivity index (χ4v) is 1.99. The van der Waals surface area contributed by atoms with Crippen LogP contribution in [0.15, 0.2) is 12.4 Å². The van der Waals surface area contributed by atoms with Gasteiger partial charge in [0.15, 0.2) is 5.82 Å². The van der Waals surface area contributed by atoms with E-state index < -0.39 is 5.82 Å². The molecule has 1 aromatic heterocycles.